The van der Waals surface area contributed by atoms with E-state index in [1.54, 1.807) is 6.20 Å². The number of pyridine rings is 1. The number of hydrogen-bond acceptors (Lipinski definition) is 7. The first kappa shape index (κ1) is 16.6. The molecule has 8 heteroatoms. The highest BCUT2D eigenvalue weighted by molar-refractivity contribution is 7.20. The molecule has 0 spiro atoms. The predicted molar refractivity (Wildman–Crippen MR) is 107 cm³/mol. The van der Waals surface area contributed by atoms with Gasteiger partial charge in [0, 0.05) is 23.9 Å². The molecule has 26 heavy (non-hydrogen) atoms. The molecule has 0 saturated carbocycles. The Bertz CT molecular complexity index is 1100. The molecule has 0 aliphatic carbocycles. The largest absolute Gasteiger partial charge is 0.330 e. The van der Waals surface area contributed by atoms with Crippen molar-refractivity contribution in [2.75, 3.05) is 10.6 Å². The molecule has 0 fully saturated rings. The lowest BCUT2D eigenvalue weighted by Gasteiger charge is -2.05. The molecule has 0 saturated heterocycles. The fourth-order valence-corrected chi connectivity index (χ4v) is 4.36. The van der Waals surface area contributed by atoms with Crippen LogP contribution >= 0.6 is 22.7 Å². The zero-order chi connectivity index (χ0) is 18.1. The number of para-hydroxylation sites is 1. The second kappa shape index (κ2) is 6.81. The molecule has 0 aliphatic heterocycles. The summed E-state index contributed by atoms with van der Waals surface area (Å²) in [5, 5.41) is 10.5. The van der Waals surface area contributed by atoms with Crippen molar-refractivity contribution in [2.24, 2.45) is 0 Å². The predicted octanol–water partition coefficient (Wildman–Crippen LogP) is 4.83. The molecular formula is C18H15N5OS2. The van der Waals surface area contributed by atoms with E-state index < -0.39 is 0 Å². The van der Waals surface area contributed by atoms with Crippen LogP contribution in [0.15, 0.2) is 41.9 Å². The second-order valence-electron chi connectivity index (χ2n) is 5.66. The van der Waals surface area contributed by atoms with E-state index in [9.17, 15) is 4.79 Å². The number of rotatable bonds is 4. The van der Waals surface area contributed by atoms with Gasteiger partial charge in [0.2, 0.25) is 5.91 Å². The first-order valence-corrected chi connectivity index (χ1v) is 9.61. The Kier molecular flexibility index (Phi) is 4.36. The van der Waals surface area contributed by atoms with Crippen molar-refractivity contribution in [3.8, 4) is 10.6 Å². The monoisotopic (exact) mass is 381 g/mol. The zero-order valence-electron chi connectivity index (χ0n) is 14.1. The summed E-state index contributed by atoms with van der Waals surface area (Å²) in [7, 11) is 0. The molecule has 2 N–H and O–H groups in total. The maximum absolute atomic E-state index is 11.2. The summed E-state index contributed by atoms with van der Waals surface area (Å²) in [4.78, 5) is 25.7. The number of aromatic nitrogens is 3. The standard InChI is InChI=1S/C18H15N5OS2/c1-10-16(26-18(20-10)21-11(2)24)14-9-25-17(23-14)22-13-7-3-5-12-6-4-8-19-15(12)13/h3-9H,1-2H3,(H,22,23)(H,20,21,24). The van der Waals surface area contributed by atoms with Gasteiger partial charge in [-0.05, 0) is 19.1 Å². The summed E-state index contributed by atoms with van der Waals surface area (Å²) < 4.78 is 0. The Morgan fingerprint density at radius 2 is 1.96 bits per heavy atom. The van der Waals surface area contributed by atoms with E-state index in [1.807, 2.05) is 42.6 Å². The summed E-state index contributed by atoms with van der Waals surface area (Å²) in [6, 6.07) is 9.97. The van der Waals surface area contributed by atoms with Crippen LogP contribution in [-0.2, 0) is 4.79 Å². The maximum Gasteiger partial charge on any atom is 0.223 e. The molecule has 0 unspecified atom stereocenters. The van der Waals surface area contributed by atoms with Gasteiger partial charge in [0.15, 0.2) is 10.3 Å². The van der Waals surface area contributed by atoms with Crippen LogP contribution in [0.2, 0.25) is 0 Å². The third kappa shape index (κ3) is 3.29. The van der Waals surface area contributed by atoms with Crippen LogP contribution in [0, 0.1) is 6.92 Å². The average molecular weight is 381 g/mol. The van der Waals surface area contributed by atoms with Crippen LogP contribution in [-0.4, -0.2) is 20.9 Å². The van der Waals surface area contributed by atoms with Crippen molar-refractivity contribution < 1.29 is 4.79 Å². The first-order chi connectivity index (χ1) is 12.6. The summed E-state index contributed by atoms with van der Waals surface area (Å²) in [6.07, 6.45) is 1.78. The van der Waals surface area contributed by atoms with Crippen LogP contribution in [0.1, 0.15) is 12.6 Å². The Labute approximate surface area is 158 Å². The number of amides is 1. The Morgan fingerprint density at radius 1 is 1.12 bits per heavy atom. The van der Waals surface area contributed by atoms with Crippen LogP contribution in [0.25, 0.3) is 21.5 Å². The number of anilines is 3. The minimum atomic E-state index is -0.130. The van der Waals surface area contributed by atoms with Gasteiger partial charge in [-0.3, -0.25) is 9.78 Å². The molecule has 6 nitrogen and oxygen atoms in total. The Balaban J connectivity index is 1.62. The van der Waals surface area contributed by atoms with Gasteiger partial charge in [-0.2, -0.15) is 0 Å². The molecule has 130 valence electrons. The zero-order valence-corrected chi connectivity index (χ0v) is 15.7. The van der Waals surface area contributed by atoms with E-state index in [2.05, 4.69) is 25.6 Å². The number of nitrogens with zero attached hydrogens (tertiary/aromatic N) is 3. The van der Waals surface area contributed by atoms with E-state index in [4.69, 9.17) is 0 Å². The molecule has 0 aliphatic rings. The highest BCUT2D eigenvalue weighted by atomic mass is 32.1. The fraction of sp³-hybridized carbons (Fsp3) is 0.111. The number of aryl methyl sites for hydroxylation is 1. The van der Waals surface area contributed by atoms with Gasteiger partial charge in [0.25, 0.3) is 0 Å². The van der Waals surface area contributed by atoms with E-state index in [1.165, 1.54) is 29.6 Å². The van der Waals surface area contributed by atoms with Gasteiger partial charge in [-0.1, -0.05) is 29.5 Å². The number of benzene rings is 1. The molecule has 3 aromatic heterocycles. The van der Waals surface area contributed by atoms with E-state index in [-0.39, 0.29) is 5.91 Å². The van der Waals surface area contributed by atoms with Crippen molar-refractivity contribution in [1.29, 1.82) is 0 Å². The van der Waals surface area contributed by atoms with Gasteiger partial charge in [-0.15, -0.1) is 11.3 Å². The Hall–Kier alpha value is -2.84. The van der Waals surface area contributed by atoms with Crippen molar-refractivity contribution in [3.63, 3.8) is 0 Å². The van der Waals surface area contributed by atoms with E-state index in [0.717, 1.165) is 38.0 Å². The number of carbonyl (C=O) groups is 1. The summed E-state index contributed by atoms with van der Waals surface area (Å²) >= 11 is 2.95. The van der Waals surface area contributed by atoms with Crippen LogP contribution in [0.3, 0.4) is 0 Å². The van der Waals surface area contributed by atoms with Gasteiger partial charge < -0.3 is 10.6 Å². The maximum atomic E-state index is 11.2. The lowest BCUT2D eigenvalue weighted by Crippen LogP contribution is -2.04. The lowest BCUT2D eigenvalue weighted by atomic mass is 10.2. The average Bonchev–Trinajstić information content (AvgIpc) is 3.21. The van der Waals surface area contributed by atoms with Gasteiger partial charge in [0.05, 0.1) is 27.5 Å². The topological polar surface area (TPSA) is 79.8 Å². The highest BCUT2D eigenvalue weighted by Gasteiger charge is 2.14. The van der Waals surface area contributed by atoms with Crippen LogP contribution in [0.4, 0.5) is 16.0 Å². The molecule has 0 atom stereocenters. The minimum Gasteiger partial charge on any atom is -0.330 e. The summed E-state index contributed by atoms with van der Waals surface area (Å²) in [5.74, 6) is -0.130. The van der Waals surface area contributed by atoms with Gasteiger partial charge in [0.1, 0.15) is 0 Å². The molecule has 0 radical (unpaired) electrons. The van der Waals surface area contributed by atoms with Crippen molar-refractivity contribution in [2.45, 2.75) is 13.8 Å². The quantitative estimate of drug-likeness (QED) is 0.529. The SMILES string of the molecule is CC(=O)Nc1nc(C)c(-c2csc(Nc3cccc4cccnc34)n2)s1. The fourth-order valence-electron chi connectivity index (χ4n) is 2.59. The summed E-state index contributed by atoms with van der Waals surface area (Å²) in [6.45, 7) is 3.39. The van der Waals surface area contributed by atoms with E-state index in [0.29, 0.717) is 5.13 Å². The number of hydrogen-bond donors (Lipinski definition) is 2. The third-order valence-corrected chi connectivity index (χ3v) is 5.54. The normalized spacial score (nSPS) is 10.8. The summed E-state index contributed by atoms with van der Waals surface area (Å²) in [5.41, 5.74) is 3.53. The molecule has 0 bridgehead atoms. The van der Waals surface area contributed by atoms with E-state index >= 15 is 0 Å². The van der Waals surface area contributed by atoms with Crippen LogP contribution in [0.5, 0.6) is 0 Å². The molecular weight excluding hydrogens is 366 g/mol. The van der Waals surface area contributed by atoms with Crippen molar-refractivity contribution >= 4 is 55.4 Å². The molecule has 1 amide bonds. The lowest BCUT2D eigenvalue weighted by molar-refractivity contribution is -0.114. The number of thiazole rings is 2. The second-order valence-corrected chi connectivity index (χ2v) is 7.52. The molecule has 4 aromatic rings. The van der Waals surface area contributed by atoms with Crippen molar-refractivity contribution in [1.82, 2.24) is 15.0 Å². The third-order valence-electron chi connectivity index (χ3n) is 3.69. The first-order valence-electron chi connectivity index (χ1n) is 7.92. The van der Waals surface area contributed by atoms with Gasteiger partial charge >= 0.3 is 0 Å². The molecule has 1 aromatic carbocycles. The van der Waals surface area contributed by atoms with Crippen molar-refractivity contribution in [3.05, 3.63) is 47.6 Å². The number of fused-ring (bicyclic) bond motifs is 1. The molecule has 3 heterocycles. The van der Waals surface area contributed by atoms with Gasteiger partial charge in [-0.25, -0.2) is 9.97 Å². The van der Waals surface area contributed by atoms with Crippen LogP contribution < -0.4 is 10.6 Å². The Morgan fingerprint density at radius 3 is 2.81 bits per heavy atom. The number of carbonyl (C=O) groups excluding carboxylic acids is 1. The minimum absolute atomic E-state index is 0.130. The molecule has 4 rings (SSSR count). The number of nitrogens with one attached hydrogen (secondary N) is 2. The smallest absolute Gasteiger partial charge is 0.223 e. The highest BCUT2D eigenvalue weighted by Crippen LogP contribution is 2.35.